The Balaban J connectivity index is 2.10. The normalized spacial score (nSPS) is 20.4. The van der Waals surface area contributed by atoms with Gasteiger partial charge in [-0.05, 0) is 38.1 Å². The Morgan fingerprint density at radius 2 is 2.28 bits per heavy atom. The molecule has 0 amide bonds. The third kappa shape index (κ3) is 2.93. The Bertz CT molecular complexity index is 406. The summed E-state index contributed by atoms with van der Waals surface area (Å²) in [4.78, 5) is 5.95. The van der Waals surface area contributed by atoms with Crippen molar-refractivity contribution in [3.8, 4) is 0 Å². The van der Waals surface area contributed by atoms with Gasteiger partial charge in [-0.3, -0.25) is 0 Å². The molecule has 6 heteroatoms. The molecule has 1 saturated heterocycles. The first-order valence-electron chi connectivity index (χ1n) is 5.93. The van der Waals surface area contributed by atoms with Crippen molar-refractivity contribution in [2.75, 3.05) is 31.6 Å². The molecule has 2 heterocycles. The van der Waals surface area contributed by atoms with Gasteiger partial charge in [-0.2, -0.15) is 13.2 Å². The Morgan fingerprint density at radius 3 is 2.94 bits per heavy atom. The molecule has 1 aromatic rings. The number of halogens is 3. The van der Waals surface area contributed by atoms with Crippen LogP contribution < -0.4 is 10.2 Å². The minimum Gasteiger partial charge on any atom is -0.356 e. The van der Waals surface area contributed by atoms with E-state index < -0.39 is 11.7 Å². The molecule has 1 aliphatic heterocycles. The lowest BCUT2D eigenvalue weighted by molar-refractivity contribution is -0.137. The van der Waals surface area contributed by atoms with Crippen LogP contribution in [0.4, 0.5) is 19.0 Å². The monoisotopic (exact) mass is 259 g/mol. The predicted molar refractivity (Wildman–Crippen MR) is 63.5 cm³/mol. The number of rotatable bonds is 3. The van der Waals surface area contributed by atoms with E-state index in [2.05, 4.69) is 10.3 Å². The fourth-order valence-corrected chi connectivity index (χ4v) is 2.26. The Morgan fingerprint density at radius 1 is 1.50 bits per heavy atom. The van der Waals surface area contributed by atoms with Crippen LogP contribution in [0.25, 0.3) is 0 Å². The molecule has 0 bridgehead atoms. The van der Waals surface area contributed by atoms with Gasteiger partial charge < -0.3 is 10.2 Å². The lowest BCUT2D eigenvalue weighted by atomic mass is 10.1. The molecular formula is C12H16F3N3. The number of nitrogens with one attached hydrogen (secondary N) is 1. The van der Waals surface area contributed by atoms with Gasteiger partial charge in [0.2, 0.25) is 0 Å². The van der Waals surface area contributed by atoms with E-state index in [1.54, 1.807) is 0 Å². The second-order valence-electron chi connectivity index (χ2n) is 4.56. The van der Waals surface area contributed by atoms with Crippen LogP contribution in [0, 0.1) is 5.92 Å². The highest BCUT2D eigenvalue weighted by atomic mass is 19.4. The minimum absolute atomic E-state index is 0.420. The zero-order valence-electron chi connectivity index (χ0n) is 10.2. The van der Waals surface area contributed by atoms with Gasteiger partial charge in [-0.15, -0.1) is 0 Å². The maximum atomic E-state index is 12.6. The van der Waals surface area contributed by atoms with Gasteiger partial charge in [0.05, 0.1) is 5.56 Å². The zero-order chi connectivity index (χ0) is 13.2. The molecule has 1 fully saturated rings. The number of hydrogen-bond acceptors (Lipinski definition) is 3. The lowest BCUT2D eigenvalue weighted by Crippen LogP contribution is -2.25. The third-order valence-corrected chi connectivity index (χ3v) is 3.18. The van der Waals surface area contributed by atoms with Crippen molar-refractivity contribution in [2.45, 2.75) is 12.6 Å². The van der Waals surface area contributed by atoms with E-state index in [1.165, 1.54) is 6.20 Å². The predicted octanol–water partition coefficient (Wildman–Crippen LogP) is 2.15. The number of nitrogens with zero attached hydrogens (tertiary/aromatic N) is 2. The average molecular weight is 259 g/mol. The molecular weight excluding hydrogens is 243 g/mol. The molecule has 100 valence electrons. The van der Waals surface area contributed by atoms with E-state index in [-0.39, 0.29) is 0 Å². The molecule has 2 rings (SSSR count). The summed E-state index contributed by atoms with van der Waals surface area (Å²) >= 11 is 0. The van der Waals surface area contributed by atoms with Crippen molar-refractivity contribution >= 4 is 5.82 Å². The summed E-state index contributed by atoms with van der Waals surface area (Å²) in [5, 5.41) is 3.09. The van der Waals surface area contributed by atoms with Gasteiger partial charge in [0, 0.05) is 19.3 Å². The number of hydrogen-bond donors (Lipinski definition) is 1. The quantitative estimate of drug-likeness (QED) is 0.901. The van der Waals surface area contributed by atoms with E-state index >= 15 is 0 Å². The molecule has 1 aromatic heterocycles. The van der Waals surface area contributed by atoms with E-state index in [1.807, 2.05) is 11.9 Å². The Kier molecular flexibility index (Phi) is 3.75. The number of anilines is 1. The molecule has 1 unspecified atom stereocenters. The van der Waals surface area contributed by atoms with Crippen molar-refractivity contribution in [3.63, 3.8) is 0 Å². The van der Waals surface area contributed by atoms with Crippen LogP contribution in [-0.2, 0) is 6.18 Å². The van der Waals surface area contributed by atoms with Crippen molar-refractivity contribution < 1.29 is 13.2 Å². The summed E-state index contributed by atoms with van der Waals surface area (Å²) in [6.07, 6.45) is -2.09. The first kappa shape index (κ1) is 13.1. The zero-order valence-corrected chi connectivity index (χ0v) is 10.2. The van der Waals surface area contributed by atoms with Crippen molar-refractivity contribution in [1.82, 2.24) is 10.3 Å². The van der Waals surface area contributed by atoms with Gasteiger partial charge in [-0.1, -0.05) is 0 Å². The topological polar surface area (TPSA) is 28.2 Å². The fourth-order valence-electron chi connectivity index (χ4n) is 2.26. The molecule has 18 heavy (non-hydrogen) atoms. The largest absolute Gasteiger partial charge is 0.416 e. The number of alkyl halides is 3. The molecule has 1 atom stereocenters. The van der Waals surface area contributed by atoms with Crippen LogP contribution in [0.1, 0.15) is 12.0 Å². The standard InChI is InChI=1S/C12H16F3N3/c1-16-7-9-3-5-18(8-9)11-6-10(2-4-17-11)12(13,14)15/h2,4,6,9,16H,3,5,7-8H2,1H3. The molecule has 0 radical (unpaired) electrons. The molecule has 3 nitrogen and oxygen atoms in total. The molecule has 0 aromatic carbocycles. The molecule has 1 N–H and O–H groups in total. The van der Waals surface area contributed by atoms with Crippen molar-refractivity contribution in [1.29, 1.82) is 0 Å². The van der Waals surface area contributed by atoms with E-state index in [0.717, 1.165) is 38.2 Å². The Labute approximate surface area is 104 Å². The highest BCUT2D eigenvalue weighted by Crippen LogP contribution is 2.31. The van der Waals surface area contributed by atoms with Gasteiger partial charge in [-0.25, -0.2) is 4.98 Å². The van der Waals surface area contributed by atoms with Gasteiger partial charge in [0.1, 0.15) is 5.82 Å². The highest BCUT2D eigenvalue weighted by molar-refractivity contribution is 5.42. The average Bonchev–Trinajstić information content (AvgIpc) is 2.77. The third-order valence-electron chi connectivity index (χ3n) is 3.18. The van der Waals surface area contributed by atoms with Crippen LogP contribution in [0.3, 0.4) is 0 Å². The molecule has 1 aliphatic rings. The maximum absolute atomic E-state index is 12.6. The molecule has 0 saturated carbocycles. The highest BCUT2D eigenvalue weighted by Gasteiger charge is 2.32. The minimum atomic E-state index is -4.30. The summed E-state index contributed by atoms with van der Waals surface area (Å²) in [5.41, 5.74) is -0.635. The van der Waals surface area contributed by atoms with E-state index in [0.29, 0.717) is 11.7 Å². The van der Waals surface area contributed by atoms with Crippen LogP contribution in [-0.4, -0.2) is 31.7 Å². The van der Waals surface area contributed by atoms with Crippen molar-refractivity contribution in [3.05, 3.63) is 23.9 Å². The lowest BCUT2D eigenvalue weighted by Gasteiger charge is -2.18. The number of aromatic nitrogens is 1. The first-order valence-corrected chi connectivity index (χ1v) is 5.93. The smallest absolute Gasteiger partial charge is 0.356 e. The van der Waals surface area contributed by atoms with Gasteiger partial charge in [0.15, 0.2) is 0 Å². The van der Waals surface area contributed by atoms with E-state index in [4.69, 9.17) is 0 Å². The molecule has 0 spiro atoms. The fraction of sp³-hybridized carbons (Fsp3) is 0.583. The second-order valence-corrected chi connectivity index (χ2v) is 4.56. The Hall–Kier alpha value is -1.30. The first-order chi connectivity index (χ1) is 8.50. The maximum Gasteiger partial charge on any atom is 0.416 e. The van der Waals surface area contributed by atoms with Gasteiger partial charge in [0.25, 0.3) is 0 Å². The van der Waals surface area contributed by atoms with E-state index in [9.17, 15) is 13.2 Å². The summed E-state index contributed by atoms with van der Waals surface area (Å²) in [5.74, 6) is 0.898. The number of pyridine rings is 1. The van der Waals surface area contributed by atoms with Crippen LogP contribution in [0.2, 0.25) is 0 Å². The van der Waals surface area contributed by atoms with Crippen molar-refractivity contribution in [2.24, 2.45) is 5.92 Å². The second kappa shape index (κ2) is 5.14. The van der Waals surface area contributed by atoms with Gasteiger partial charge >= 0.3 is 6.18 Å². The summed E-state index contributed by atoms with van der Waals surface area (Å²) in [6, 6.07) is 2.13. The molecule has 0 aliphatic carbocycles. The van der Waals surface area contributed by atoms with Crippen LogP contribution in [0.15, 0.2) is 18.3 Å². The SMILES string of the molecule is CNCC1CCN(c2cc(C(F)(F)F)ccn2)C1. The summed E-state index contributed by atoms with van der Waals surface area (Å²) in [6.45, 7) is 2.41. The van der Waals surface area contributed by atoms with Crippen LogP contribution >= 0.6 is 0 Å². The summed E-state index contributed by atoms with van der Waals surface area (Å²) in [7, 11) is 1.88. The van der Waals surface area contributed by atoms with Crippen LogP contribution in [0.5, 0.6) is 0 Å². The summed E-state index contributed by atoms with van der Waals surface area (Å²) < 4.78 is 37.8.